The van der Waals surface area contributed by atoms with Crippen molar-refractivity contribution in [1.82, 2.24) is 15.2 Å². The topological polar surface area (TPSA) is 67.1 Å². The predicted octanol–water partition coefficient (Wildman–Crippen LogP) is 4.30. The fraction of sp³-hybridized carbons (Fsp3) is 0.118. The summed E-state index contributed by atoms with van der Waals surface area (Å²) in [5.74, 6) is 0.0482. The van der Waals surface area contributed by atoms with Gasteiger partial charge in [0.25, 0.3) is 0 Å². The van der Waals surface area contributed by atoms with E-state index in [1.807, 2.05) is 49.3 Å². The number of nitrogens with one attached hydrogen (secondary N) is 1. The van der Waals surface area contributed by atoms with Crippen molar-refractivity contribution >= 4 is 38.4 Å². The molecule has 0 amide bonds. The van der Waals surface area contributed by atoms with Crippen molar-refractivity contribution in [2.45, 2.75) is 0 Å². The highest BCUT2D eigenvalue weighted by molar-refractivity contribution is 7.22. The monoisotopic (exact) mass is 355 g/mol. The summed E-state index contributed by atoms with van der Waals surface area (Å²) >= 11 is 1.32. The summed E-state index contributed by atoms with van der Waals surface area (Å²) in [6.45, 7) is 0. The molecule has 2 heterocycles. The van der Waals surface area contributed by atoms with Crippen LogP contribution in [0.15, 0.2) is 46.9 Å². The quantitative estimate of drug-likeness (QED) is 0.589. The van der Waals surface area contributed by atoms with E-state index in [2.05, 4.69) is 20.5 Å². The molecule has 0 fully saturated rings. The maximum absolute atomic E-state index is 13.7. The Morgan fingerprint density at radius 2 is 1.96 bits per heavy atom. The lowest BCUT2D eigenvalue weighted by molar-refractivity contribution is 0.587. The van der Waals surface area contributed by atoms with Gasteiger partial charge >= 0.3 is 6.01 Å². The second kappa shape index (κ2) is 6.14. The van der Waals surface area contributed by atoms with Crippen LogP contribution in [0.4, 0.5) is 21.2 Å². The molecule has 0 aliphatic rings. The number of nitrogens with zero attached hydrogens (tertiary/aromatic N) is 4. The molecular weight excluding hydrogens is 341 g/mol. The number of halogens is 1. The van der Waals surface area contributed by atoms with E-state index >= 15 is 0 Å². The Labute approximate surface area is 146 Å². The lowest BCUT2D eigenvalue weighted by atomic mass is 10.2. The molecule has 0 atom stereocenters. The molecule has 0 saturated carbocycles. The molecule has 6 nitrogen and oxygen atoms in total. The molecule has 0 aliphatic heterocycles. The molecule has 0 saturated heterocycles. The molecule has 0 unspecified atom stereocenters. The summed E-state index contributed by atoms with van der Waals surface area (Å²) in [6.07, 6.45) is 0. The average Bonchev–Trinajstić information content (AvgIpc) is 3.23. The Balaban J connectivity index is 1.60. The van der Waals surface area contributed by atoms with Gasteiger partial charge in [-0.25, -0.2) is 9.37 Å². The lowest BCUT2D eigenvalue weighted by Crippen LogP contribution is -2.08. The summed E-state index contributed by atoms with van der Waals surface area (Å²) in [5.41, 5.74) is 2.18. The standard InChI is InChI=1S/C17H14FN5OS/c1-23(2)11-6-3-5-10(9-11)15-21-22-16(24-15)20-17-19-14-12(18)7-4-8-13(14)25-17/h3-9H,1-2H3,(H,19,20,22). The van der Waals surface area contributed by atoms with Crippen LogP contribution < -0.4 is 10.2 Å². The third kappa shape index (κ3) is 3.03. The zero-order chi connectivity index (χ0) is 17.4. The summed E-state index contributed by atoms with van der Waals surface area (Å²) < 4.78 is 20.1. The molecule has 2 aromatic carbocycles. The van der Waals surface area contributed by atoms with E-state index in [4.69, 9.17) is 4.42 Å². The second-order valence-electron chi connectivity index (χ2n) is 5.59. The second-order valence-corrected chi connectivity index (χ2v) is 6.62. The first-order chi connectivity index (χ1) is 12.1. The molecule has 25 heavy (non-hydrogen) atoms. The van der Waals surface area contributed by atoms with E-state index in [1.165, 1.54) is 17.4 Å². The Morgan fingerprint density at radius 1 is 1.12 bits per heavy atom. The van der Waals surface area contributed by atoms with Crippen LogP contribution in [0, 0.1) is 5.82 Å². The Hall–Kier alpha value is -3.00. The van der Waals surface area contributed by atoms with Crippen LogP contribution in [0.25, 0.3) is 21.7 Å². The largest absolute Gasteiger partial charge is 0.403 e. The fourth-order valence-corrected chi connectivity index (χ4v) is 3.24. The van der Waals surface area contributed by atoms with Gasteiger partial charge in [-0.1, -0.05) is 28.6 Å². The number of aromatic nitrogens is 3. The molecule has 0 aliphatic carbocycles. The van der Waals surface area contributed by atoms with Gasteiger partial charge in [-0.15, -0.1) is 5.10 Å². The lowest BCUT2D eigenvalue weighted by Gasteiger charge is -2.12. The number of anilines is 3. The van der Waals surface area contributed by atoms with Crippen molar-refractivity contribution in [3.8, 4) is 11.5 Å². The van der Waals surface area contributed by atoms with E-state index in [9.17, 15) is 4.39 Å². The van der Waals surface area contributed by atoms with E-state index in [-0.39, 0.29) is 11.8 Å². The van der Waals surface area contributed by atoms with Crippen LogP contribution in [-0.2, 0) is 0 Å². The van der Waals surface area contributed by atoms with Crippen LogP contribution in [-0.4, -0.2) is 29.3 Å². The zero-order valence-corrected chi connectivity index (χ0v) is 14.3. The molecule has 0 spiro atoms. The van der Waals surface area contributed by atoms with Crippen molar-refractivity contribution in [1.29, 1.82) is 0 Å². The Bertz CT molecular complexity index is 1040. The van der Waals surface area contributed by atoms with Crippen molar-refractivity contribution in [3.05, 3.63) is 48.3 Å². The number of fused-ring (bicyclic) bond motifs is 1. The molecule has 126 valence electrons. The van der Waals surface area contributed by atoms with Crippen molar-refractivity contribution in [2.24, 2.45) is 0 Å². The van der Waals surface area contributed by atoms with Gasteiger partial charge in [0.05, 0.1) is 4.70 Å². The highest BCUT2D eigenvalue weighted by atomic mass is 32.1. The van der Waals surface area contributed by atoms with Crippen molar-refractivity contribution in [2.75, 3.05) is 24.3 Å². The first-order valence-electron chi connectivity index (χ1n) is 7.53. The predicted molar refractivity (Wildman–Crippen MR) is 96.9 cm³/mol. The van der Waals surface area contributed by atoms with Crippen LogP contribution in [0.3, 0.4) is 0 Å². The fourth-order valence-electron chi connectivity index (χ4n) is 2.37. The number of hydrogen-bond acceptors (Lipinski definition) is 7. The third-order valence-electron chi connectivity index (χ3n) is 3.62. The van der Waals surface area contributed by atoms with Gasteiger partial charge in [0, 0.05) is 25.3 Å². The highest BCUT2D eigenvalue weighted by Crippen LogP contribution is 2.30. The van der Waals surface area contributed by atoms with Gasteiger partial charge in [-0.3, -0.25) is 5.32 Å². The smallest absolute Gasteiger partial charge is 0.322 e. The minimum atomic E-state index is -0.353. The highest BCUT2D eigenvalue weighted by Gasteiger charge is 2.13. The molecule has 2 aromatic heterocycles. The number of thiazole rings is 1. The van der Waals surface area contributed by atoms with Crippen molar-refractivity contribution < 1.29 is 8.81 Å². The maximum Gasteiger partial charge on any atom is 0.322 e. The third-order valence-corrected chi connectivity index (χ3v) is 4.55. The van der Waals surface area contributed by atoms with Crippen molar-refractivity contribution in [3.63, 3.8) is 0 Å². The van der Waals surface area contributed by atoms with Gasteiger partial charge in [-0.05, 0) is 30.3 Å². The SMILES string of the molecule is CN(C)c1cccc(-c2nnc(Nc3nc4c(F)cccc4s3)o2)c1. The molecule has 1 N–H and O–H groups in total. The minimum Gasteiger partial charge on any atom is -0.403 e. The van der Waals surface area contributed by atoms with E-state index in [1.54, 1.807) is 6.07 Å². The number of para-hydroxylation sites is 1. The molecule has 0 radical (unpaired) electrons. The van der Waals surface area contributed by atoms with Crippen LogP contribution in [0.1, 0.15) is 0 Å². The minimum absolute atomic E-state index is 0.213. The summed E-state index contributed by atoms with van der Waals surface area (Å²) in [7, 11) is 3.93. The Kier molecular flexibility index (Phi) is 3.81. The van der Waals surface area contributed by atoms with Gasteiger partial charge in [0.1, 0.15) is 11.3 Å². The van der Waals surface area contributed by atoms with Gasteiger partial charge in [-0.2, -0.15) is 0 Å². The van der Waals surface area contributed by atoms with E-state index < -0.39 is 0 Å². The van der Waals surface area contributed by atoms with E-state index in [0.717, 1.165) is 16.0 Å². The van der Waals surface area contributed by atoms with Crippen LogP contribution in [0.5, 0.6) is 0 Å². The summed E-state index contributed by atoms with van der Waals surface area (Å²) in [5, 5.41) is 11.5. The molecule has 0 bridgehead atoms. The maximum atomic E-state index is 13.7. The summed E-state index contributed by atoms with van der Waals surface area (Å²) in [6, 6.07) is 12.9. The van der Waals surface area contributed by atoms with Crippen LogP contribution in [0.2, 0.25) is 0 Å². The Morgan fingerprint density at radius 3 is 2.76 bits per heavy atom. The first kappa shape index (κ1) is 15.5. The average molecular weight is 355 g/mol. The van der Waals surface area contributed by atoms with E-state index in [0.29, 0.717) is 16.5 Å². The number of benzene rings is 2. The number of hydrogen-bond donors (Lipinski definition) is 1. The molecule has 4 aromatic rings. The first-order valence-corrected chi connectivity index (χ1v) is 8.35. The molecule has 8 heteroatoms. The van der Waals surface area contributed by atoms with Gasteiger partial charge in [0.2, 0.25) is 5.89 Å². The number of rotatable bonds is 4. The van der Waals surface area contributed by atoms with Crippen LogP contribution >= 0.6 is 11.3 Å². The normalized spacial score (nSPS) is 11.0. The molecular formula is C17H14FN5OS. The summed E-state index contributed by atoms with van der Waals surface area (Å²) in [4.78, 5) is 6.22. The van der Waals surface area contributed by atoms with Gasteiger partial charge in [0.15, 0.2) is 5.13 Å². The molecule has 4 rings (SSSR count). The van der Waals surface area contributed by atoms with Gasteiger partial charge < -0.3 is 9.32 Å². The zero-order valence-electron chi connectivity index (χ0n) is 13.5.